The molecule has 7 heteroatoms. The summed E-state index contributed by atoms with van der Waals surface area (Å²) in [6, 6.07) is 7.05. The van der Waals surface area contributed by atoms with Crippen molar-refractivity contribution in [3.05, 3.63) is 34.9 Å². The standard InChI is InChI=1S/C17H28ClN3O2S/c1-4-20-9-11-21(12-10-20)17(2,3)14-19-24(22,23)13-15-7-5-6-8-16(15)18/h5-8,19H,4,9-14H2,1-3H3. The van der Waals surface area contributed by atoms with Gasteiger partial charge in [0.2, 0.25) is 10.0 Å². The SMILES string of the molecule is CCN1CCN(C(C)(C)CNS(=O)(=O)Cc2ccccc2Cl)CC1. The first-order chi connectivity index (χ1) is 11.2. The average molecular weight is 374 g/mol. The summed E-state index contributed by atoms with van der Waals surface area (Å²) in [5.74, 6) is -0.0909. The van der Waals surface area contributed by atoms with Crippen LogP contribution in [-0.4, -0.2) is 63.0 Å². The van der Waals surface area contributed by atoms with Gasteiger partial charge in [0, 0.05) is 43.3 Å². The summed E-state index contributed by atoms with van der Waals surface area (Å²) < 4.78 is 27.5. The van der Waals surface area contributed by atoms with Crippen molar-refractivity contribution in [2.45, 2.75) is 32.1 Å². The highest BCUT2D eigenvalue weighted by Crippen LogP contribution is 2.19. The van der Waals surface area contributed by atoms with Crippen LogP contribution < -0.4 is 4.72 Å². The minimum Gasteiger partial charge on any atom is -0.301 e. The van der Waals surface area contributed by atoms with E-state index in [1.807, 2.05) is 0 Å². The lowest BCUT2D eigenvalue weighted by Gasteiger charge is -2.44. The number of likely N-dealkylation sites (N-methyl/N-ethyl adjacent to an activating group) is 1. The van der Waals surface area contributed by atoms with Gasteiger partial charge in [0.15, 0.2) is 0 Å². The van der Waals surface area contributed by atoms with Crippen molar-refractivity contribution in [2.24, 2.45) is 0 Å². The van der Waals surface area contributed by atoms with Crippen molar-refractivity contribution in [3.8, 4) is 0 Å². The van der Waals surface area contributed by atoms with E-state index in [1.54, 1.807) is 24.3 Å². The van der Waals surface area contributed by atoms with Gasteiger partial charge < -0.3 is 4.90 Å². The molecule has 1 N–H and O–H groups in total. The van der Waals surface area contributed by atoms with Crippen LogP contribution in [-0.2, 0) is 15.8 Å². The lowest BCUT2D eigenvalue weighted by Crippen LogP contribution is -2.58. The summed E-state index contributed by atoms with van der Waals surface area (Å²) in [6.45, 7) is 11.8. The molecule has 0 saturated carbocycles. The number of benzene rings is 1. The van der Waals surface area contributed by atoms with E-state index >= 15 is 0 Å². The van der Waals surface area contributed by atoms with Gasteiger partial charge in [-0.2, -0.15) is 0 Å². The maximum absolute atomic E-state index is 12.4. The van der Waals surface area contributed by atoms with Crippen LogP contribution in [0.25, 0.3) is 0 Å². The zero-order chi connectivity index (χ0) is 17.8. The molecule has 24 heavy (non-hydrogen) atoms. The lowest BCUT2D eigenvalue weighted by atomic mass is 10.0. The van der Waals surface area contributed by atoms with Gasteiger partial charge in [-0.15, -0.1) is 0 Å². The molecular formula is C17H28ClN3O2S. The second-order valence-electron chi connectivity index (χ2n) is 6.91. The second-order valence-corrected chi connectivity index (χ2v) is 9.12. The van der Waals surface area contributed by atoms with Gasteiger partial charge in [0.1, 0.15) is 0 Å². The highest BCUT2D eigenvalue weighted by Gasteiger charge is 2.30. The lowest BCUT2D eigenvalue weighted by molar-refractivity contribution is 0.0571. The van der Waals surface area contributed by atoms with E-state index in [2.05, 4.69) is 35.3 Å². The molecule has 1 aliphatic rings. The maximum atomic E-state index is 12.4. The summed E-state index contributed by atoms with van der Waals surface area (Å²) in [5.41, 5.74) is 0.411. The van der Waals surface area contributed by atoms with Crippen molar-refractivity contribution in [1.82, 2.24) is 14.5 Å². The van der Waals surface area contributed by atoms with Gasteiger partial charge in [-0.05, 0) is 32.0 Å². The van der Waals surface area contributed by atoms with Crippen LogP contribution in [0.4, 0.5) is 0 Å². The maximum Gasteiger partial charge on any atom is 0.215 e. The van der Waals surface area contributed by atoms with E-state index in [0.29, 0.717) is 17.1 Å². The Labute approximate surface area is 151 Å². The molecule has 1 heterocycles. The molecule has 5 nitrogen and oxygen atoms in total. The Morgan fingerprint density at radius 3 is 2.38 bits per heavy atom. The topological polar surface area (TPSA) is 52.6 Å². The van der Waals surface area contributed by atoms with Crippen LogP contribution >= 0.6 is 11.6 Å². The summed E-state index contributed by atoms with van der Waals surface area (Å²) in [5, 5.41) is 0.484. The fraction of sp³-hybridized carbons (Fsp3) is 0.647. The zero-order valence-corrected chi connectivity index (χ0v) is 16.3. The van der Waals surface area contributed by atoms with Crippen LogP contribution in [0.2, 0.25) is 5.02 Å². The second kappa shape index (κ2) is 8.15. The summed E-state index contributed by atoms with van der Waals surface area (Å²) in [6.07, 6.45) is 0. The predicted octanol–water partition coefficient (Wildman–Crippen LogP) is 2.18. The van der Waals surface area contributed by atoms with Gasteiger partial charge in [-0.3, -0.25) is 4.90 Å². The highest BCUT2D eigenvalue weighted by atomic mass is 35.5. The molecule has 136 valence electrons. The Balaban J connectivity index is 1.92. The number of nitrogens with zero attached hydrogens (tertiary/aromatic N) is 2. The highest BCUT2D eigenvalue weighted by molar-refractivity contribution is 7.88. The number of hydrogen-bond acceptors (Lipinski definition) is 4. The third-order valence-electron chi connectivity index (χ3n) is 4.70. The third kappa shape index (κ3) is 5.43. The first-order valence-corrected chi connectivity index (χ1v) is 10.4. The molecule has 0 unspecified atom stereocenters. The van der Waals surface area contributed by atoms with Crippen molar-refractivity contribution in [2.75, 3.05) is 39.3 Å². The molecule has 0 amide bonds. The van der Waals surface area contributed by atoms with E-state index in [1.165, 1.54) is 0 Å². The Morgan fingerprint density at radius 1 is 1.17 bits per heavy atom. The molecule has 0 aliphatic carbocycles. The summed E-state index contributed by atoms with van der Waals surface area (Å²) in [7, 11) is -3.42. The van der Waals surface area contributed by atoms with Crippen LogP contribution in [0.5, 0.6) is 0 Å². The smallest absolute Gasteiger partial charge is 0.215 e. The van der Waals surface area contributed by atoms with Crippen LogP contribution in [0.15, 0.2) is 24.3 Å². The minimum absolute atomic E-state index is 0.0909. The molecule has 2 rings (SSSR count). The first-order valence-electron chi connectivity index (χ1n) is 8.41. The normalized spacial score (nSPS) is 18.0. The zero-order valence-electron chi connectivity index (χ0n) is 14.8. The van der Waals surface area contributed by atoms with Gasteiger partial charge in [-0.1, -0.05) is 36.7 Å². The monoisotopic (exact) mass is 373 g/mol. The molecule has 0 bridgehead atoms. The van der Waals surface area contributed by atoms with E-state index < -0.39 is 10.0 Å². The molecule has 1 saturated heterocycles. The number of rotatable bonds is 7. The third-order valence-corrected chi connectivity index (χ3v) is 6.35. The number of sulfonamides is 1. The minimum atomic E-state index is -3.42. The van der Waals surface area contributed by atoms with Crippen molar-refractivity contribution in [3.63, 3.8) is 0 Å². The van der Waals surface area contributed by atoms with E-state index in [4.69, 9.17) is 11.6 Å². The predicted molar refractivity (Wildman–Crippen MR) is 99.8 cm³/mol. The van der Waals surface area contributed by atoms with Crippen molar-refractivity contribution >= 4 is 21.6 Å². The molecule has 0 radical (unpaired) electrons. The van der Waals surface area contributed by atoms with Crippen molar-refractivity contribution < 1.29 is 8.42 Å². The number of piperazine rings is 1. The molecule has 0 atom stereocenters. The van der Waals surface area contributed by atoms with E-state index in [9.17, 15) is 8.42 Å². The van der Waals surface area contributed by atoms with Crippen molar-refractivity contribution in [1.29, 1.82) is 0 Å². The number of nitrogens with one attached hydrogen (secondary N) is 1. The van der Waals surface area contributed by atoms with Gasteiger partial charge in [0.05, 0.1) is 5.75 Å². The number of hydrogen-bond donors (Lipinski definition) is 1. The van der Waals surface area contributed by atoms with E-state index in [-0.39, 0.29) is 11.3 Å². The van der Waals surface area contributed by atoms with Crippen LogP contribution in [0.3, 0.4) is 0 Å². The van der Waals surface area contributed by atoms with Gasteiger partial charge >= 0.3 is 0 Å². The van der Waals surface area contributed by atoms with Crippen LogP contribution in [0, 0.1) is 0 Å². The Bertz CT molecular complexity index is 641. The Morgan fingerprint density at radius 2 is 1.79 bits per heavy atom. The summed E-state index contributed by atoms with van der Waals surface area (Å²) >= 11 is 6.06. The quantitative estimate of drug-likeness (QED) is 0.795. The molecule has 0 spiro atoms. The molecule has 1 fully saturated rings. The fourth-order valence-corrected chi connectivity index (χ4v) is 4.56. The molecular weight excluding hydrogens is 346 g/mol. The van der Waals surface area contributed by atoms with Crippen LogP contribution in [0.1, 0.15) is 26.3 Å². The molecule has 0 aromatic heterocycles. The molecule has 1 aromatic carbocycles. The van der Waals surface area contributed by atoms with Gasteiger partial charge in [0.25, 0.3) is 0 Å². The van der Waals surface area contributed by atoms with E-state index in [0.717, 1.165) is 32.7 Å². The summed E-state index contributed by atoms with van der Waals surface area (Å²) in [4.78, 5) is 4.77. The Kier molecular flexibility index (Phi) is 6.67. The molecule has 1 aromatic rings. The largest absolute Gasteiger partial charge is 0.301 e. The Hall–Kier alpha value is -0.660. The molecule has 1 aliphatic heterocycles. The fourth-order valence-electron chi connectivity index (χ4n) is 2.94. The first kappa shape index (κ1) is 19.7. The van der Waals surface area contributed by atoms with Gasteiger partial charge in [-0.25, -0.2) is 13.1 Å². The number of halogens is 1. The average Bonchev–Trinajstić information content (AvgIpc) is 2.55.